The molecule has 0 aliphatic carbocycles. The molecule has 52 heavy (non-hydrogen) atoms. The van der Waals surface area contributed by atoms with Crippen molar-refractivity contribution in [1.29, 1.82) is 0 Å². The van der Waals surface area contributed by atoms with Crippen LogP contribution in [-0.4, -0.2) is 23.4 Å². The summed E-state index contributed by atoms with van der Waals surface area (Å²) in [5.74, 6) is 2.33. The molecule has 0 atom stereocenters. The molecule has 268 valence electrons. The molecule has 2 N–H and O–H groups in total. The van der Waals surface area contributed by atoms with Gasteiger partial charge in [-0.2, -0.15) is 0 Å². The fraction of sp³-hybridized carbons (Fsp3) is 0.167. The molecule has 4 rings (SSSR count). The first-order chi connectivity index (χ1) is 25.3. The zero-order valence-corrected chi connectivity index (χ0v) is 30.4. The molecule has 0 aromatic heterocycles. The van der Waals surface area contributed by atoms with E-state index in [4.69, 9.17) is 9.47 Å². The highest BCUT2D eigenvalue weighted by Gasteiger charge is 2.14. The Bertz CT molecular complexity index is 1710. The van der Waals surface area contributed by atoms with Gasteiger partial charge in [0.1, 0.15) is 36.2 Å². The standard InChI is InChI=1S/2C24H26O2/c1-5-9-21-17-19(11-13-23(21)25-15-7-3)20-12-14-24(26-16-8-4)22(18-20)10-6-2;1-5-9-17-13-21(14-18(10-6-2)23(17)25)22-15-19(11-7-3)24(26)20(16-22)12-8-4/h5-8,11-14,17-18H,1-4,9-10,15-16H2;5-8,13-16,25-26H,1-4,9-12H2. The van der Waals surface area contributed by atoms with E-state index < -0.39 is 0 Å². The molecule has 0 amide bonds. The predicted octanol–water partition coefficient (Wildman–Crippen LogP) is 11.6. The van der Waals surface area contributed by atoms with Crippen LogP contribution in [0, 0.1) is 0 Å². The van der Waals surface area contributed by atoms with Crippen molar-refractivity contribution in [1.82, 2.24) is 0 Å². The van der Waals surface area contributed by atoms with Gasteiger partial charge in [0, 0.05) is 0 Å². The summed E-state index contributed by atoms with van der Waals surface area (Å²) >= 11 is 0. The van der Waals surface area contributed by atoms with Crippen LogP contribution in [0.3, 0.4) is 0 Å². The summed E-state index contributed by atoms with van der Waals surface area (Å²) in [6.07, 6.45) is 18.2. The van der Waals surface area contributed by atoms with Gasteiger partial charge in [-0.05, 0) is 143 Å². The third kappa shape index (κ3) is 11.0. The maximum Gasteiger partial charge on any atom is 0.123 e. The molecule has 0 fully saturated rings. The average molecular weight is 693 g/mol. The number of hydrogen-bond acceptors (Lipinski definition) is 4. The van der Waals surface area contributed by atoms with Crippen molar-refractivity contribution >= 4 is 0 Å². The minimum absolute atomic E-state index is 0.296. The quantitative estimate of drug-likeness (QED) is 0.0905. The molecule has 4 aromatic carbocycles. The molecule has 4 heteroatoms. The van der Waals surface area contributed by atoms with Gasteiger partial charge >= 0.3 is 0 Å². The van der Waals surface area contributed by atoms with Crippen LogP contribution >= 0.6 is 0 Å². The molecule has 4 nitrogen and oxygen atoms in total. The maximum absolute atomic E-state index is 10.5. The highest BCUT2D eigenvalue weighted by atomic mass is 16.5. The van der Waals surface area contributed by atoms with E-state index in [1.807, 2.05) is 48.6 Å². The Labute approximate surface area is 311 Å². The number of benzene rings is 4. The van der Waals surface area contributed by atoms with Gasteiger partial charge in [0.2, 0.25) is 0 Å². The summed E-state index contributed by atoms with van der Waals surface area (Å²) in [4.78, 5) is 0. The maximum atomic E-state index is 10.5. The molecule has 0 unspecified atom stereocenters. The van der Waals surface area contributed by atoms with Gasteiger partial charge in [-0.3, -0.25) is 0 Å². The van der Waals surface area contributed by atoms with Crippen LogP contribution in [0.2, 0.25) is 0 Å². The van der Waals surface area contributed by atoms with Crippen LogP contribution in [-0.2, 0) is 38.5 Å². The van der Waals surface area contributed by atoms with Crippen molar-refractivity contribution in [3.05, 3.63) is 195 Å². The Morgan fingerprint density at radius 2 is 0.635 bits per heavy atom. The fourth-order valence-electron chi connectivity index (χ4n) is 5.82. The molecule has 0 heterocycles. The summed E-state index contributed by atoms with van der Waals surface area (Å²) in [5, 5.41) is 21.0. The minimum Gasteiger partial charge on any atom is -0.507 e. The van der Waals surface area contributed by atoms with Gasteiger partial charge in [0.05, 0.1) is 0 Å². The Morgan fingerprint density at radius 1 is 0.365 bits per heavy atom. The zero-order valence-electron chi connectivity index (χ0n) is 30.4. The first-order valence-corrected chi connectivity index (χ1v) is 17.4. The van der Waals surface area contributed by atoms with E-state index in [2.05, 4.69) is 76.9 Å². The average Bonchev–Trinajstić information content (AvgIpc) is 3.14. The summed E-state index contributed by atoms with van der Waals surface area (Å²) < 4.78 is 11.5. The summed E-state index contributed by atoms with van der Waals surface area (Å²) in [5.41, 5.74) is 9.79. The Hall–Kier alpha value is -6.00. The first-order valence-electron chi connectivity index (χ1n) is 17.4. The molecule has 0 radical (unpaired) electrons. The SMILES string of the molecule is C=CCOc1ccc(-c2ccc(OCC=C)c(CC=C)c2)cc1CC=C.C=CCc1cc(-c2cc(CC=C)c(O)c(CC=C)c2)cc(CC=C)c1O. The monoisotopic (exact) mass is 692 g/mol. The van der Waals surface area contributed by atoms with Gasteiger partial charge < -0.3 is 19.7 Å². The Kier molecular flexibility index (Phi) is 16.5. The fourth-order valence-corrected chi connectivity index (χ4v) is 5.82. The van der Waals surface area contributed by atoms with Crippen molar-refractivity contribution in [3.63, 3.8) is 0 Å². The first kappa shape index (κ1) is 40.4. The lowest BCUT2D eigenvalue weighted by molar-refractivity contribution is 0.359. The molecule has 0 bridgehead atoms. The van der Waals surface area contributed by atoms with Gasteiger partial charge in [0.15, 0.2) is 0 Å². The number of phenolic OH excluding ortho intramolecular Hbond substituents is 2. The molecule has 0 spiro atoms. The zero-order chi connectivity index (χ0) is 37.9. The molecule has 0 saturated heterocycles. The molecule has 0 aliphatic rings. The van der Waals surface area contributed by atoms with Crippen LogP contribution in [0.5, 0.6) is 23.0 Å². The number of hydrogen-bond donors (Lipinski definition) is 2. The van der Waals surface area contributed by atoms with E-state index in [9.17, 15) is 10.2 Å². The van der Waals surface area contributed by atoms with Crippen molar-refractivity contribution in [2.75, 3.05) is 13.2 Å². The number of aromatic hydroxyl groups is 2. The van der Waals surface area contributed by atoms with Crippen molar-refractivity contribution in [2.24, 2.45) is 0 Å². The van der Waals surface area contributed by atoms with Crippen LogP contribution in [0.25, 0.3) is 22.3 Å². The third-order valence-corrected chi connectivity index (χ3v) is 8.22. The van der Waals surface area contributed by atoms with Gasteiger partial charge in [-0.1, -0.05) is 73.9 Å². The van der Waals surface area contributed by atoms with Gasteiger partial charge in [-0.25, -0.2) is 0 Å². The second-order valence-corrected chi connectivity index (χ2v) is 12.1. The largest absolute Gasteiger partial charge is 0.507 e. The Morgan fingerprint density at radius 3 is 0.904 bits per heavy atom. The second-order valence-electron chi connectivity index (χ2n) is 12.1. The van der Waals surface area contributed by atoms with Crippen LogP contribution in [0.4, 0.5) is 0 Å². The molecular formula is C48H52O4. The van der Waals surface area contributed by atoms with Crippen molar-refractivity contribution in [2.45, 2.75) is 38.5 Å². The summed E-state index contributed by atoms with van der Waals surface area (Å²) in [7, 11) is 0. The van der Waals surface area contributed by atoms with Crippen LogP contribution in [0.15, 0.2) is 162 Å². The van der Waals surface area contributed by atoms with Crippen LogP contribution < -0.4 is 9.47 Å². The van der Waals surface area contributed by atoms with E-state index >= 15 is 0 Å². The highest BCUT2D eigenvalue weighted by Crippen LogP contribution is 2.36. The highest BCUT2D eigenvalue weighted by molar-refractivity contribution is 5.71. The molecule has 0 saturated carbocycles. The van der Waals surface area contributed by atoms with E-state index in [0.717, 1.165) is 80.0 Å². The summed E-state index contributed by atoms with van der Waals surface area (Å²) in [6.45, 7) is 31.2. The number of phenols is 2. The second kappa shape index (κ2) is 21.3. The normalized spacial score (nSPS) is 10.2. The van der Waals surface area contributed by atoms with Gasteiger partial charge in [0.25, 0.3) is 0 Å². The van der Waals surface area contributed by atoms with Crippen molar-refractivity contribution in [3.8, 4) is 45.3 Å². The number of ether oxygens (including phenoxy) is 2. The lowest BCUT2D eigenvalue weighted by Crippen LogP contribution is -1.99. The van der Waals surface area contributed by atoms with E-state index in [-0.39, 0.29) is 0 Å². The van der Waals surface area contributed by atoms with E-state index in [1.165, 1.54) is 0 Å². The van der Waals surface area contributed by atoms with Gasteiger partial charge in [-0.15, -0.1) is 39.5 Å². The minimum atomic E-state index is 0.296. The van der Waals surface area contributed by atoms with E-state index in [1.54, 1.807) is 36.5 Å². The number of allylic oxidation sites excluding steroid dienone is 6. The topological polar surface area (TPSA) is 58.9 Å². The Balaban J connectivity index is 0.000000280. The molecule has 0 aliphatic heterocycles. The lowest BCUT2D eigenvalue weighted by Gasteiger charge is -2.15. The van der Waals surface area contributed by atoms with E-state index in [0.29, 0.717) is 50.4 Å². The van der Waals surface area contributed by atoms with Crippen molar-refractivity contribution < 1.29 is 19.7 Å². The van der Waals surface area contributed by atoms with Crippen LogP contribution in [0.1, 0.15) is 33.4 Å². The molecular weight excluding hydrogens is 641 g/mol. The molecule has 4 aromatic rings. The third-order valence-electron chi connectivity index (χ3n) is 8.22. The summed E-state index contributed by atoms with van der Waals surface area (Å²) in [6, 6.07) is 20.4. The lowest BCUT2D eigenvalue weighted by atomic mass is 9.92. The smallest absolute Gasteiger partial charge is 0.123 e. The number of rotatable bonds is 20. The predicted molar refractivity (Wildman–Crippen MR) is 222 cm³/mol.